The minimum Gasteiger partial charge on any atom is -0.493 e. The van der Waals surface area contributed by atoms with Crippen LogP contribution in [-0.2, 0) is 6.42 Å². The monoisotopic (exact) mass is 389 g/mol. The van der Waals surface area contributed by atoms with E-state index in [1.165, 1.54) is 11.5 Å². The van der Waals surface area contributed by atoms with Gasteiger partial charge in [0.2, 0.25) is 0 Å². The van der Waals surface area contributed by atoms with Crippen LogP contribution < -0.4 is 15.0 Å². The van der Waals surface area contributed by atoms with Gasteiger partial charge in [-0.15, -0.1) is 0 Å². The molecule has 0 atom stereocenters. The van der Waals surface area contributed by atoms with E-state index in [1.807, 2.05) is 72.8 Å². The summed E-state index contributed by atoms with van der Waals surface area (Å²) >= 11 is 1.33. The van der Waals surface area contributed by atoms with Crippen LogP contribution in [0.1, 0.15) is 5.56 Å². The normalized spacial score (nSPS) is 10.6. The van der Waals surface area contributed by atoms with Gasteiger partial charge in [0.05, 0.1) is 11.5 Å². The molecule has 28 heavy (non-hydrogen) atoms. The molecule has 0 spiro atoms. The number of hydrogen-bond donors (Lipinski definition) is 1. The number of para-hydroxylation sites is 1. The van der Waals surface area contributed by atoms with Crippen molar-refractivity contribution in [3.8, 4) is 27.7 Å². The summed E-state index contributed by atoms with van der Waals surface area (Å²) in [5.74, 6) is 2.42. The van der Waals surface area contributed by atoms with Gasteiger partial charge in [0.25, 0.3) is 5.56 Å². The Morgan fingerprint density at radius 3 is 2.39 bits per heavy atom. The molecule has 5 heteroatoms. The van der Waals surface area contributed by atoms with Gasteiger partial charge in [-0.25, -0.2) is 0 Å². The number of aromatic amines is 1. The van der Waals surface area contributed by atoms with Gasteiger partial charge in [0.15, 0.2) is 0 Å². The first-order chi connectivity index (χ1) is 13.8. The number of benzene rings is 3. The molecule has 0 unspecified atom stereocenters. The summed E-state index contributed by atoms with van der Waals surface area (Å²) in [4.78, 5) is 12.2. The lowest BCUT2D eigenvalue weighted by atomic mass is 10.1. The Morgan fingerprint density at radius 2 is 1.57 bits per heavy atom. The highest BCUT2D eigenvalue weighted by atomic mass is 32.1. The smallest absolute Gasteiger partial charge is 0.258 e. The largest absolute Gasteiger partial charge is 0.493 e. The lowest BCUT2D eigenvalue weighted by Gasteiger charge is -2.09. The van der Waals surface area contributed by atoms with Crippen LogP contribution in [0.5, 0.6) is 17.2 Å². The fourth-order valence-corrected chi connectivity index (χ4v) is 3.52. The van der Waals surface area contributed by atoms with Crippen LogP contribution in [0.25, 0.3) is 10.4 Å². The molecule has 0 aliphatic heterocycles. The van der Waals surface area contributed by atoms with Gasteiger partial charge >= 0.3 is 0 Å². The summed E-state index contributed by atoms with van der Waals surface area (Å²) in [6.45, 7) is 0.557. The van der Waals surface area contributed by atoms with Crippen LogP contribution in [0, 0.1) is 0 Å². The van der Waals surface area contributed by atoms with E-state index in [4.69, 9.17) is 9.47 Å². The highest BCUT2D eigenvalue weighted by Crippen LogP contribution is 2.26. The summed E-state index contributed by atoms with van der Waals surface area (Å²) < 4.78 is 14.5. The maximum Gasteiger partial charge on any atom is 0.258 e. The quantitative estimate of drug-likeness (QED) is 0.453. The molecule has 0 aliphatic carbocycles. The lowest BCUT2D eigenvalue weighted by molar-refractivity contribution is 0.322. The van der Waals surface area contributed by atoms with E-state index in [2.05, 4.69) is 10.4 Å². The van der Waals surface area contributed by atoms with Crippen LogP contribution in [0.2, 0.25) is 0 Å². The molecule has 4 rings (SSSR count). The Labute approximate surface area is 167 Å². The third-order valence-electron chi connectivity index (χ3n) is 4.18. The van der Waals surface area contributed by atoms with E-state index in [-0.39, 0.29) is 5.56 Å². The van der Waals surface area contributed by atoms with Gasteiger partial charge in [0.1, 0.15) is 17.2 Å². The zero-order valence-corrected chi connectivity index (χ0v) is 15.9. The average Bonchev–Trinajstić information content (AvgIpc) is 3.16. The standard InChI is InChI=1S/C23H19NO3S/c25-23-16-22(28-24-23)18-7-5-10-20(15-18)26-13-12-17-6-4-11-21(14-17)27-19-8-2-1-3-9-19/h1-11,14-16H,12-13H2,(H,24,25). The van der Waals surface area contributed by atoms with Crippen LogP contribution in [0.3, 0.4) is 0 Å². The molecule has 140 valence electrons. The summed E-state index contributed by atoms with van der Waals surface area (Å²) in [5.41, 5.74) is 2.04. The first-order valence-corrected chi connectivity index (χ1v) is 9.81. The van der Waals surface area contributed by atoms with Gasteiger partial charge in [-0.05, 0) is 47.5 Å². The molecular formula is C23H19NO3S. The number of ether oxygens (including phenoxy) is 2. The Morgan fingerprint density at radius 1 is 0.786 bits per heavy atom. The van der Waals surface area contributed by atoms with Crippen molar-refractivity contribution in [2.75, 3.05) is 6.61 Å². The molecule has 0 aliphatic rings. The zero-order chi connectivity index (χ0) is 19.2. The molecule has 0 saturated heterocycles. The van der Waals surface area contributed by atoms with Crippen molar-refractivity contribution >= 4 is 11.5 Å². The van der Waals surface area contributed by atoms with E-state index in [9.17, 15) is 4.79 Å². The zero-order valence-electron chi connectivity index (χ0n) is 15.1. The summed E-state index contributed by atoms with van der Waals surface area (Å²) in [7, 11) is 0. The SMILES string of the molecule is O=c1cc(-c2cccc(OCCc3cccc(Oc4ccccc4)c3)c2)s[nH]1. The molecule has 1 aromatic heterocycles. The van der Waals surface area contributed by atoms with Crippen molar-refractivity contribution in [1.29, 1.82) is 0 Å². The third kappa shape index (κ3) is 4.69. The molecular weight excluding hydrogens is 370 g/mol. The fraction of sp³-hybridized carbons (Fsp3) is 0.0870. The number of hydrogen-bond acceptors (Lipinski definition) is 4. The van der Waals surface area contributed by atoms with E-state index in [1.54, 1.807) is 6.07 Å². The maximum absolute atomic E-state index is 11.3. The molecule has 1 N–H and O–H groups in total. The third-order valence-corrected chi connectivity index (χ3v) is 5.06. The van der Waals surface area contributed by atoms with E-state index >= 15 is 0 Å². The van der Waals surface area contributed by atoms with Gasteiger partial charge < -0.3 is 9.47 Å². The lowest BCUT2D eigenvalue weighted by Crippen LogP contribution is -2.01. The molecule has 4 aromatic rings. The Hall–Kier alpha value is -3.31. The van der Waals surface area contributed by atoms with E-state index in [0.717, 1.165) is 39.7 Å². The van der Waals surface area contributed by atoms with Crippen LogP contribution in [0.15, 0.2) is 89.7 Å². The summed E-state index contributed by atoms with van der Waals surface area (Å²) in [5, 5.41) is 0. The maximum atomic E-state index is 11.3. The van der Waals surface area contributed by atoms with E-state index in [0.29, 0.717) is 6.61 Å². The molecule has 0 saturated carbocycles. The number of rotatable bonds is 7. The minimum atomic E-state index is -0.0797. The van der Waals surface area contributed by atoms with Gasteiger partial charge in [-0.3, -0.25) is 9.17 Å². The van der Waals surface area contributed by atoms with Gasteiger partial charge in [-0.2, -0.15) is 0 Å². The average molecular weight is 389 g/mol. The Balaban J connectivity index is 1.36. The number of H-pyrrole nitrogens is 1. The van der Waals surface area contributed by atoms with Crippen molar-refractivity contribution in [1.82, 2.24) is 4.37 Å². The second kappa shape index (κ2) is 8.59. The molecule has 0 amide bonds. The highest BCUT2D eigenvalue weighted by molar-refractivity contribution is 7.09. The number of nitrogens with one attached hydrogen (secondary N) is 1. The molecule has 4 nitrogen and oxygen atoms in total. The van der Waals surface area contributed by atoms with Crippen molar-refractivity contribution in [2.45, 2.75) is 6.42 Å². The first-order valence-electron chi connectivity index (χ1n) is 9.00. The predicted molar refractivity (Wildman–Crippen MR) is 113 cm³/mol. The van der Waals surface area contributed by atoms with Crippen molar-refractivity contribution in [3.63, 3.8) is 0 Å². The van der Waals surface area contributed by atoms with Crippen molar-refractivity contribution < 1.29 is 9.47 Å². The Bertz CT molecular complexity index is 1100. The van der Waals surface area contributed by atoms with Gasteiger partial charge in [0, 0.05) is 12.5 Å². The molecule has 3 aromatic carbocycles. The predicted octanol–water partition coefficient (Wildman–Crippen LogP) is 5.52. The van der Waals surface area contributed by atoms with Crippen LogP contribution >= 0.6 is 11.5 Å². The van der Waals surface area contributed by atoms with E-state index < -0.39 is 0 Å². The molecule has 0 bridgehead atoms. The van der Waals surface area contributed by atoms with Crippen molar-refractivity contribution in [3.05, 3.63) is 101 Å². The fourth-order valence-electron chi connectivity index (χ4n) is 2.84. The second-order valence-corrected chi connectivity index (χ2v) is 7.11. The van der Waals surface area contributed by atoms with Crippen molar-refractivity contribution in [2.24, 2.45) is 0 Å². The topological polar surface area (TPSA) is 51.3 Å². The molecule has 1 heterocycles. The number of aromatic nitrogens is 1. The summed E-state index contributed by atoms with van der Waals surface area (Å²) in [6.07, 6.45) is 0.772. The summed E-state index contributed by atoms with van der Waals surface area (Å²) in [6, 6.07) is 27.1. The molecule has 0 fully saturated rings. The highest BCUT2D eigenvalue weighted by Gasteiger charge is 2.04. The van der Waals surface area contributed by atoms with Crippen LogP contribution in [-0.4, -0.2) is 11.0 Å². The second-order valence-electron chi connectivity index (χ2n) is 6.27. The Kier molecular flexibility index (Phi) is 5.54. The minimum absolute atomic E-state index is 0.0797. The van der Waals surface area contributed by atoms with Crippen LogP contribution in [0.4, 0.5) is 0 Å². The van der Waals surface area contributed by atoms with Gasteiger partial charge in [-0.1, -0.05) is 54.0 Å². The first kappa shape index (κ1) is 18.1. The molecule has 0 radical (unpaired) electrons.